The molecule has 0 spiro atoms. The predicted octanol–water partition coefficient (Wildman–Crippen LogP) is 2.43. The van der Waals surface area contributed by atoms with E-state index < -0.39 is 5.54 Å². The van der Waals surface area contributed by atoms with Crippen molar-refractivity contribution in [1.29, 1.82) is 0 Å². The molecule has 154 valence electrons. The third kappa shape index (κ3) is 5.02. The number of benzene rings is 2. The zero-order valence-electron chi connectivity index (χ0n) is 17.2. The van der Waals surface area contributed by atoms with Crippen molar-refractivity contribution < 1.29 is 14.3 Å². The number of carbonyl (C=O) groups excluding carboxylic acids is 2. The molecule has 0 aromatic heterocycles. The number of morpholine rings is 1. The van der Waals surface area contributed by atoms with Crippen molar-refractivity contribution in [2.75, 3.05) is 13.1 Å². The fraction of sp³-hybridized carbons (Fsp3) is 0.391. The molecule has 0 saturated carbocycles. The van der Waals surface area contributed by atoms with E-state index in [0.717, 1.165) is 11.1 Å². The van der Waals surface area contributed by atoms with Crippen LogP contribution in [0.25, 0.3) is 0 Å². The van der Waals surface area contributed by atoms with Gasteiger partial charge < -0.3 is 20.7 Å². The zero-order valence-corrected chi connectivity index (χ0v) is 17.2. The molecule has 1 saturated heterocycles. The summed E-state index contributed by atoms with van der Waals surface area (Å²) in [5.74, 6) is -0.249. The number of hydrogen-bond donors (Lipinski definition) is 2. The fourth-order valence-electron chi connectivity index (χ4n) is 3.57. The average molecular weight is 396 g/mol. The van der Waals surface area contributed by atoms with Gasteiger partial charge in [0.05, 0.1) is 12.2 Å². The quantitative estimate of drug-likeness (QED) is 0.814. The van der Waals surface area contributed by atoms with Gasteiger partial charge in [0.15, 0.2) is 0 Å². The van der Waals surface area contributed by atoms with Gasteiger partial charge in [-0.15, -0.1) is 0 Å². The van der Waals surface area contributed by atoms with Gasteiger partial charge in [-0.25, -0.2) is 0 Å². The normalized spacial score (nSPS) is 21.3. The highest BCUT2D eigenvalue weighted by atomic mass is 16.5. The van der Waals surface area contributed by atoms with Crippen LogP contribution in [0.2, 0.25) is 0 Å². The van der Waals surface area contributed by atoms with Crippen molar-refractivity contribution in [3.63, 3.8) is 0 Å². The fourth-order valence-corrected chi connectivity index (χ4v) is 3.57. The molecule has 0 aliphatic carbocycles. The molecule has 2 aromatic carbocycles. The van der Waals surface area contributed by atoms with Gasteiger partial charge in [0, 0.05) is 25.2 Å². The summed E-state index contributed by atoms with van der Waals surface area (Å²) < 4.78 is 5.69. The third-order valence-corrected chi connectivity index (χ3v) is 5.21. The number of rotatable bonds is 5. The molecule has 6 nitrogen and oxygen atoms in total. The number of ether oxygens (including phenoxy) is 1. The minimum absolute atomic E-state index is 0.00111. The van der Waals surface area contributed by atoms with Crippen molar-refractivity contribution in [2.45, 2.75) is 45.1 Å². The molecular formula is C23H29N3O3. The van der Waals surface area contributed by atoms with E-state index >= 15 is 0 Å². The maximum Gasteiger partial charge on any atom is 0.254 e. The van der Waals surface area contributed by atoms with E-state index in [1.54, 1.807) is 19.1 Å². The van der Waals surface area contributed by atoms with Crippen molar-refractivity contribution in [3.05, 3.63) is 71.3 Å². The third-order valence-electron chi connectivity index (χ3n) is 5.21. The van der Waals surface area contributed by atoms with Crippen molar-refractivity contribution in [2.24, 2.45) is 5.73 Å². The summed E-state index contributed by atoms with van der Waals surface area (Å²) in [6, 6.07) is 16.6. The summed E-state index contributed by atoms with van der Waals surface area (Å²) in [5, 5.41) is 2.89. The molecule has 29 heavy (non-hydrogen) atoms. The molecule has 0 radical (unpaired) electrons. The highest BCUT2D eigenvalue weighted by molar-refractivity contribution is 5.94. The van der Waals surface area contributed by atoms with Crippen LogP contribution in [0.15, 0.2) is 54.6 Å². The molecule has 2 aromatic rings. The second-order valence-corrected chi connectivity index (χ2v) is 7.92. The molecule has 1 heterocycles. The van der Waals surface area contributed by atoms with Crippen LogP contribution >= 0.6 is 0 Å². The number of amides is 2. The van der Waals surface area contributed by atoms with Crippen LogP contribution in [-0.4, -0.2) is 42.0 Å². The lowest BCUT2D eigenvalue weighted by molar-refractivity contribution is -0.126. The first-order valence-electron chi connectivity index (χ1n) is 9.93. The average Bonchev–Trinajstić information content (AvgIpc) is 2.71. The Kier molecular flexibility index (Phi) is 6.35. The lowest BCUT2D eigenvalue weighted by Crippen LogP contribution is -2.48. The van der Waals surface area contributed by atoms with Crippen molar-refractivity contribution >= 4 is 11.8 Å². The second-order valence-electron chi connectivity index (χ2n) is 7.92. The molecule has 1 aliphatic rings. The first-order chi connectivity index (χ1) is 13.8. The Labute approximate surface area is 172 Å². The van der Waals surface area contributed by atoms with Gasteiger partial charge in [0.1, 0.15) is 5.54 Å². The van der Waals surface area contributed by atoms with Crippen LogP contribution in [0.1, 0.15) is 42.3 Å². The highest BCUT2D eigenvalue weighted by Gasteiger charge is 2.30. The van der Waals surface area contributed by atoms with Crippen LogP contribution in [-0.2, 0) is 21.6 Å². The van der Waals surface area contributed by atoms with E-state index in [-0.39, 0.29) is 24.0 Å². The minimum atomic E-state index is -1.11. The first-order valence-corrected chi connectivity index (χ1v) is 9.93. The predicted molar refractivity (Wildman–Crippen MR) is 112 cm³/mol. The zero-order chi connectivity index (χ0) is 21.0. The molecule has 1 fully saturated rings. The molecule has 3 unspecified atom stereocenters. The molecule has 2 amide bonds. The highest BCUT2D eigenvalue weighted by Crippen LogP contribution is 2.18. The van der Waals surface area contributed by atoms with E-state index in [0.29, 0.717) is 25.2 Å². The van der Waals surface area contributed by atoms with Crippen molar-refractivity contribution in [1.82, 2.24) is 10.2 Å². The first kappa shape index (κ1) is 21.0. The molecule has 0 bridgehead atoms. The largest absolute Gasteiger partial charge is 0.372 e. The van der Waals surface area contributed by atoms with E-state index in [2.05, 4.69) is 5.32 Å². The Balaban J connectivity index is 1.59. The molecular weight excluding hydrogens is 366 g/mol. The number of hydrogen-bond acceptors (Lipinski definition) is 4. The van der Waals surface area contributed by atoms with Crippen LogP contribution in [0.5, 0.6) is 0 Å². The maximum atomic E-state index is 12.7. The number of nitrogens with one attached hydrogen (secondary N) is 1. The molecule has 3 N–H and O–H groups in total. The Bertz CT molecular complexity index is 839. The summed E-state index contributed by atoms with van der Waals surface area (Å²) in [7, 11) is 0. The van der Waals surface area contributed by atoms with Crippen LogP contribution in [0, 0.1) is 0 Å². The van der Waals surface area contributed by atoms with Gasteiger partial charge in [-0.2, -0.15) is 0 Å². The van der Waals surface area contributed by atoms with E-state index in [9.17, 15) is 9.59 Å². The summed E-state index contributed by atoms with van der Waals surface area (Å²) in [6.07, 6.45) is 0.0692. The standard InChI is InChI=1S/C23H29N3O3/c1-16-14-26(15-17(2)29-16)21(27)19-11-9-18(10-12-19)13-25-22(28)23(3,24)20-7-5-4-6-8-20/h4-12,16-17H,13-15,24H2,1-3H3,(H,25,28). The summed E-state index contributed by atoms with van der Waals surface area (Å²) in [4.78, 5) is 27.1. The van der Waals surface area contributed by atoms with Gasteiger partial charge in [0.25, 0.3) is 5.91 Å². The van der Waals surface area contributed by atoms with Crippen LogP contribution < -0.4 is 11.1 Å². The van der Waals surface area contributed by atoms with Gasteiger partial charge in [-0.05, 0) is 44.0 Å². The van der Waals surface area contributed by atoms with E-state index in [4.69, 9.17) is 10.5 Å². The smallest absolute Gasteiger partial charge is 0.254 e. The summed E-state index contributed by atoms with van der Waals surface area (Å²) >= 11 is 0. The lowest BCUT2D eigenvalue weighted by Gasteiger charge is -2.35. The molecule has 3 atom stereocenters. The number of carbonyl (C=O) groups is 2. The van der Waals surface area contributed by atoms with Crippen LogP contribution in [0.4, 0.5) is 0 Å². The summed E-state index contributed by atoms with van der Waals surface area (Å²) in [6.45, 7) is 7.18. The second kappa shape index (κ2) is 8.76. The van der Waals surface area contributed by atoms with Gasteiger partial charge in [0.2, 0.25) is 5.91 Å². The number of nitrogens with two attached hydrogens (primary N) is 1. The van der Waals surface area contributed by atoms with E-state index in [1.165, 1.54) is 0 Å². The molecule has 6 heteroatoms. The lowest BCUT2D eigenvalue weighted by atomic mass is 9.92. The maximum absolute atomic E-state index is 12.7. The topological polar surface area (TPSA) is 84.7 Å². The van der Waals surface area contributed by atoms with E-state index in [1.807, 2.05) is 61.2 Å². The monoisotopic (exact) mass is 395 g/mol. The SMILES string of the molecule is CC1CN(C(=O)c2ccc(CNC(=O)C(C)(N)c3ccccc3)cc2)CC(C)O1. The Hall–Kier alpha value is -2.70. The molecule has 1 aliphatic heterocycles. The van der Waals surface area contributed by atoms with Crippen molar-refractivity contribution in [3.8, 4) is 0 Å². The minimum Gasteiger partial charge on any atom is -0.372 e. The Morgan fingerprint density at radius 3 is 2.24 bits per heavy atom. The Morgan fingerprint density at radius 1 is 1.07 bits per heavy atom. The van der Waals surface area contributed by atoms with Crippen LogP contribution in [0.3, 0.4) is 0 Å². The summed E-state index contributed by atoms with van der Waals surface area (Å²) in [5.41, 5.74) is 7.43. The van der Waals surface area contributed by atoms with Gasteiger partial charge in [-0.3, -0.25) is 9.59 Å². The van der Waals surface area contributed by atoms with Gasteiger partial charge >= 0.3 is 0 Å². The molecule has 3 rings (SSSR count). The Morgan fingerprint density at radius 2 is 1.66 bits per heavy atom. The number of nitrogens with zero attached hydrogens (tertiary/aromatic N) is 1. The van der Waals surface area contributed by atoms with Gasteiger partial charge in [-0.1, -0.05) is 42.5 Å².